The second-order valence-corrected chi connectivity index (χ2v) is 7.16. The molecule has 2 aromatic heterocycles. The van der Waals surface area contributed by atoms with Gasteiger partial charge >= 0.3 is 5.63 Å². The van der Waals surface area contributed by atoms with E-state index in [4.69, 9.17) is 23.0 Å². The van der Waals surface area contributed by atoms with Crippen LogP contribution in [0.15, 0.2) is 38.1 Å². The second kappa shape index (κ2) is 8.24. The van der Waals surface area contributed by atoms with Crippen LogP contribution < -0.4 is 15.1 Å². The van der Waals surface area contributed by atoms with Gasteiger partial charge in [0, 0.05) is 12.7 Å². The molecule has 3 rings (SSSR count). The number of aliphatic hydroxyl groups excluding tert-OH is 1. The van der Waals surface area contributed by atoms with Gasteiger partial charge in [-0.15, -0.1) is 0 Å². The Balaban J connectivity index is 1.95. The van der Waals surface area contributed by atoms with Crippen LogP contribution in [0.2, 0.25) is 0 Å². The van der Waals surface area contributed by atoms with E-state index in [0.717, 1.165) is 12.8 Å². The summed E-state index contributed by atoms with van der Waals surface area (Å²) in [6, 6.07) is 4.69. The minimum atomic E-state index is -0.901. The van der Waals surface area contributed by atoms with Crippen LogP contribution in [-0.4, -0.2) is 37.1 Å². The molecule has 28 heavy (non-hydrogen) atoms. The smallest absolute Gasteiger partial charge is 0.336 e. The number of hydrogen-bond acceptors (Lipinski definition) is 7. The van der Waals surface area contributed by atoms with E-state index in [1.54, 1.807) is 12.1 Å². The third-order valence-corrected chi connectivity index (χ3v) is 4.76. The molecule has 3 aromatic rings. The Morgan fingerprint density at radius 3 is 2.61 bits per heavy atom. The minimum absolute atomic E-state index is 0.0606. The van der Waals surface area contributed by atoms with Crippen molar-refractivity contribution < 1.29 is 28.2 Å². The van der Waals surface area contributed by atoms with Crippen molar-refractivity contribution in [2.24, 2.45) is 0 Å². The predicted molar refractivity (Wildman–Crippen MR) is 105 cm³/mol. The van der Waals surface area contributed by atoms with E-state index >= 15 is 0 Å². The van der Waals surface area contributed by atoms with E-state index in [1.165, 1.54) is 19.4 Å². The van der Waals surface area contributed by atoms with Crippen LogP contribution in [0.4, 0.5) is 0 Å². The molecule has 0 saturated heterocycles. The molecule has 0 bridgehead atoms. The molecule has 7 nitrogen and oxygen atoms in total. The molecule has 0 saturated carbocycles. The van der Waals surface area contributed by atoms with Crippen LogP contribution in [-0.2, 0) is 4.74 Å². The van der Waals surface area contributed by atoms with E-state index < -0.39 is 17.3 Å². The molecular weight excluding hydrogens is 364 g/mol. The summed E-state index contributed by atoms with van der Waals surface area (Å²) >= 11 is 0. The SMILES string of the molecule is CCCCOC(C)(C)C(O)COc1c2occc2c(OC)c2ccc(=O)oc12. The second-order valence-electron chi connectivity index (χ2n) is 7.16. The molecule has 0 amide bonds. The largest absolute Gasteiger partial charge is 0.495 e. The van der Waals surface area contributed by atoms with E-state index in [0.29, 0.717) is 28.7 Å². The van der Waals surface area contributed by atoms with Gasteiger partial charge in [-0.05, 0) is 32.4 Å². The molecule has 0 aliphatic heterocycles. The Morgan fingerprint density at radius 1 is 1.14 bits per heavy atom. The summed E-state index contributed by atoms with van der Waals surface area (Å²) in [6.07, 6.45) is 2.53. The number of benzene rings is 1. The van der Waals surface area contributed by atoms with Gasteiger partial charge in [0.15, 0.2) is 11.2 Å². The lowest BCUT2D eigenvalue weighted by atomic mass is 10.0. The van der Waals surface area contributed by atoms with Crippen molar-refractivity contribution in [1.82, 2.24) is 0 Å². The van der Waals surface area contributed by atoms with Crippen molar-refractivity contribution in [3.8, 4) is 11.5 Å². The lowest BCUT2D eigenvalue weighted by molar-refractivity contribution is -0.112. The van der Waals surface area contributed by atoms with Crippen molar-refractivity contribution in [2.45, 2.75) is 45.3 Å². The molecule has 0 spiro atoms. The van der Waals surface area contributed by atoms with Crippen LogP contribution in [0, 0.1) is 0 Å². The van der Waals surface area contributed by atoms with E-state index in [2.05, 4.69) is 6.92 Å². The van der Waals surface area contributed by atoms with Gasteiger partial charge in [0.25, 0.3) is 0 Å². The quantitative estimate of drug-likeness (QED) is 0.438. The third-order valence-electron chi connectivity index (χ3n) is 4.76. The Morgan fingerprint density at radius 2 is 1.89 bits per heavy atom. The Hall–Kier alpha value is -2.51. The number of hydrogen-bond donors (Lipinski definition) is 1. The Bertz CT molecular complexity index is 999. The van der Waals surface area contributed by atoms with Crippen molar-refractivity contribution in [2.75, 3.05) is 20.3 Å². The molecular formula is C21H26O7. The first kappa shape index (κ1) is 20.2. The monoisotopic (exact) mass is 390 g/mol. The van der Waals surface area contributed by atoms with Gasteiger partial charge in [-0.1, -0.05) is 13.3 Å². The van der Waals surface area contributed by atoms with Gasteiger partial charge in [0.2, 0.25) is 5.75 Å². The van der Waals surface area contributed by atoms with Gasteiger partial charge in [-0.2, -0.15) is 0 Å². The molecule has 1 unspecified atom stereocenters. The maximum absolute atomic E-state index is 11.8. The van der Waals surface area contributed by atoms with Crippen LogP contribution in [0.25, 0.3) is 21.9 Å². The number of unbranched alkanes of at least 4 members (excludes halogenated alkanes) is 1. The number of fused-ring (bicyclic) bond motifs is 2. The van der Waals surface area contributed by atoms with Gasteiger partial charge in [0.05, 0.1) is 29.7 Å². The zero-order chi connectivity index (χ0) is 20.3. The highest BCUT2D eigenvalue weighted by atomic mass is 16.5. The first-order chi connectivity index (χ1) is 13.4. The van der Waals surface area contributed by atoms with Gasteiger partial charge in [-0.3, -0.25) is 0 Å². The maximum Gasteiger partial charge on any atom is 0.336 e. The first-order valence-corrected chi connectivity index (χ1v) is 9.35. The molecule has 7 heteroatoms. The normalized spacial score (nSPS) is 13.2. The number of furan rings is 1. The van der Waals surface area contributed by atoms with Crippen LogP contribution in [0.1, 0.15) is 33.6 Å². The molecule has 1 aromatic carbocycles. The van der Waals surface area contributed by atoms with Gasteiger partial charge in [-0.25, -0.2) is 4.79 Å². The van der Waals surface area contributed by atoms with Gasteiger partial charge < -0.3 is 28.2 Å². The number of rotatable bonds is 9. The number of methoxy groups -OCH3 is 1. The van der Waals surface area contributed by atoms with E-state index in [1.807, 2.05) is 13.8 Å². The zero-order valence-electron chi connectivity index (χ0n) is 16.6. The number of ether oxygens (including phenoxy) is 3. The summed E-state index contributed by atoms with van der Waals surface area (Å²) in [5, 5.41) is 11.9. The van der Waals surface area contributed by atoms with Crippen molar-refractivity contribution >= 4 is 21.9 Å². The molecule has 0 fully saturated rings. The molecule has 1 N–H and O–H groups in total. The third kappa shape index (κ3) is 3.86. The summed E-state index contributed by atoms with van der Waals surface area (Å²) in [4.78, 5) is 11.8. The standard InChI is InChI=1S/C21H26O7/c1-5-6-10-27-21(2,3)15(22)12-26-20-18-14(9-11-25-18)17(24-4)13-7-8-16(23)28-19(13)20/h7-9,11,15,22H,5-6,10,12H2,1-4H3. The lowest BCUT2D eigenvalue weighted by Gasteiger charge is -2.30. The topological polar surface area (TPSA) is 91.3 Å². The van der Waals surface area contributed by atoms with Crippen LogP contribution in [0.5, 0.6) is 11.5 Å². The average molecular weight is 390 g/mol. The average Bonchev–Trinajstić information content (AvgIpc) is 3.14. The highest BCUT2D eigenvalue weighted by molar-refractivity contribution is 6.06. The Kier molecular flexibility index (Phi) is 5.96. The van der Waals surface area contributed by atoms with E-state index in [-0.39, 0.29) is 17.9 Å². The summed E-state index contributed by atoms with van der Waals surface area (Å²) in [6.45, 7) is 6.20. The fraction of sp³-hybridized carbons (Fsp3) is 0.476. The molecule has 2 heterocycles. The van der Waals surface area contributed by atoms with Crippen molar-refractivity contribution in [3.05, 3.63) is 34.9 Å². The zero-order valence-corrected chi connectivity index (χ0v) is 16.6. The molecule has 152 valence electrons. The lowest BCUT2D eigenvalue weighted by Crippen LogP contribution is -2.43. The molecule has 1 atom stereocenters. The van der Waals surface area contributed by atoms with Crippen LogP contribution >= 0.6 is 0 Å². The Labute approximate surface area is 162 Å². The molecule has 0 radical (unpaired) electrons. The summed E-state index contributed by atoms with van der Waals surface area (Å²) in [7, 11) is 1.53. The summed E-state index contributed by atoms with van der Waals surface area (Å²) in [5.74, 6) is 0.774. The summed E-state index contributed by atoms with van der Waals surface area (Å²) in [5.41, 5.74) is -0.714. The van der Waals surface area contributed by atoms with Crippen LogP contribution in [0.3, 0.4) is 0 Å². The minimum Gasteiger partial charge on any atom is -0.495 e. The summed E-state index contributed by atoms with van der Waals surface area (Å²) < 4.78 is 28.1. The maximum atomic E-state index is 11.8. The predicted octanol–water partition coefficient (Wildman–Crippen LogP) is 3.88. The van der Waals surface area contributed by atoms with Gasteiger partial charge in [0.1, 0.15) is 18.5 Å². The van der Waals surface area contributed by atoms with E-state index in [9.17, 15) is 9.90 Å². The first-order valence-electron chi connectivity index (χ1n) is 9.35. The number of aliphatic hydroxyl groups is 1. The molecule has 0 aliphatic rings. The fourth-order valence-electron chi connectivity index (χ4n) is 2.97. The molecule has 0 aliphatic carbocycles. The van der Waals surface area contributed by atoms with Crippen molar-refractivity contribution in [1.29, 1.82) is 0 Å². The highest BCUT2D eigenvalue weighted by Gasteiger charge is 2.30. The highest BCUT2D eigenvalue weighted by Crippen LogP contribution is 2.42. The van der Waals surface area contributed by atoms with Crippen molar-refractivity contribution in [3.63, 3.8) is 0 Å². The fourth-order valence-corrected chi connectivity index (χ4v) is 2.97.